The number of hydrogen-bond acceptors (Lipinski definition) is 6. The van der Waals surface area contributed by atoms with E-state index in [1.807, 2.05) is 0 Å². The molecule has 0 saturated heterocycles. The molecule has 0 atom stereocenters. The Hall–Kier alpha value is -2.65. The van der Waals surface area contributed by atoms with E-state index in [9.17, 15) is 9.59 Å². The minimum Gasteiger partial charge on any atom is -0.396 e. The molecule has 4 N–H and O–H groups in total. The Morgan fingerprint density at radius 2 is 2.22 bits per heavy atom. The highest BCUT2D eigenvalue weighted by Crippen LogP contribution is 2.24. The highest BCUT2D eigenvalue weighted by atomic mass is 35.5. The molecular weight excluding hydrogens is 324 g/mol. The molecule has 10 heteroatoms. The monoisotopic (exact) mass is 336 g/mol. The lowest BCUT2D eigenvalue weighted by Crippen LogP contribution is -2.30. The van der Waals surface area contributed by atoms with E-state index in [1.54, 1.807) is 7.11 Å². The van der Waals surface area contributed by atoms with Crippen molar-refractivity contribution in [1.29, 1.82) is 0 Å². The number of aromatic nitrogens is 5. The van der Waals surface area contributed by atoms with E-state index in [0.29, 0.717) is 24.4 Å². The van der Waals surface area contributed by atoms with Crippen molar-refractivity contribution in [3.8, 4) is 5.69 Å². The number of fused-ring (bicyclic) bond motifs is 1. The minimum absolute atomic E-state index is 0.158. The van der Waals surface area contributed by atoms with Gasteiger partial charge in [-0.1, -0.05) is 11.6 Å². The van der Waals surface area contributed by atoms with Crippen molar-refractivity contribution in [1.82, 2.24) is 24.5 Å². The lowest BCUT2D eigenvalue weighted by Gasteiger charge is -2.13. The largest absolute Gasteiger partial charge is 0.396 e. The van der Waals surface area contributed by atoms with Gasteiger partial charge >= 0.3 is 5.69 Å². The summed E-state index contributed by atoms with van der Waals surface area (Å²) in [6.07, 6.45) is 1.75. The van der Waals surface area contributed by atoms with Crippen LogP contribution in [0.25, 0.3) is 16.9 Å². The van der Waals surface area contributed by atoms with Crippen LogP contribution in [0.1, 0.15) is 5.69 Å². The lowest BCUT2D eigenvalue weighted by atomic mass is 10.2. The molecule has 3 aromatic rings. The highest BCUT2D eigenvalue weighted by Gasteiger charge is 2.17. The van der Waals surface area contributed by atoms with Gasteiger partial charge in [-0.15, -0.1) is 0 Å². The maximum absolute atomic E-state index is 12.3. The molecule has 3 aromatic heterocycles. The van der Waals surface area contributed by atoms with E-state index in [0.717, 1.165) is 0 Å². The predicted octanol–water partition coefficient (Wildman–Crippen LogP) is 0.222. The number of hydrogen-bond donors (Lipinski definition) is 3. The van der Waals surface area contributed by atoms with Crippen LogP contribution < -0.4 is 17.0 Å². The smallest absolute Gasteiger partial charge is 0.334 e. The highest BCUT2D eigenvalue weighted by molar-refractivity contribution is 6.29. The summed E-state index contributed by atoms with van der Waals surface area (Å²) in [6.45, 7) is 0.398. The van der Waals surface area contributed by atoms with Crippen LogP contribution >= 0.6 is 11.6 Å². The molecule has 9 nitrogen and oxygen atoms in total. The Kier molecular flexibility index (Phi) is 3.89. The van der Waals surface area contributed by atoms with Crippen LogP contribution in [0.15, 0.2) is 22.0 Å². The second-order valence-electron chi connectivity index (χ2n) is 4.76. The van der Waals surface area contributed by atoms with E-state index in [1.165, 1.54) is 17.0 Å². The number of methoxy groups -OCH3 is 1. The Morgan fingerprint density at radius 1 is 1.43 bits per heavy atom. The second kappa shape index (κ2) is 5.86. The molecule has 0 aliphatic heterocycles. The molecule has 0 unspecified atom stereocenters. The molecule has 0 amide bonds. The van der Waals surface area contributed by atoms with Crippen LogP contribution in [-0.2, 0) is 11.2 Å². The van der Waals surface area contributed by atoms with Crippen LogP contribution in [0.4, 0.5) is 5.69 Å². The Balaban J connectivity index is 2.31. The minimum atomic E-state index is -0.666. The Bertz CT molecular complexity index is 990. The van der Waals surface area contributed by atoms with Crippen LogP contribution in [0.5, 0.6) is 0 Å². The number of ether oxygens (including phenoxy) is 1. The van der Waals surface area contributed by atoms with Gasteiger partial charge in [0.25, 0.3) is 5.56 Å². The number of nitrogen functional groups attached to an aromatic ring is 1. The van der Waals surface area contributed by atoms with E-state index >= 15 is 0 Å². The Labute approximate surface area is 134 Å². The zero-order chi connectivity index (χ0) is 16.6. The van der Waals surface area contributed by atoms with Crippen molar-refractivity contribution in [2.24, 2.45) is 0 Å². The van der Waals surface area contributed by atoms with Crippen molar-refractivity contribution in [2.75, 3.05) is 19.5 Å². The van der Waals surface area contributed by atoms with Gasteiger partial charge in [0.15, 0.2) is 5.65 Å². The number of halogens is 1. The number of nitrogens with one attached hydrogen (secondary N) is 2. The van der Waals surface area contributed by atoms with Gasteiger partial charge in [0.2, 0.25) is 0 Å². The van der Waals surface area contributed by atoms with E-state index < -0.39 is 11.2 Å². The number of aromatic amines is 2. The number of anilines is 1. The van der Waals surface area contributed by atoms with Crippen molar-refractivity contribution in [3.05, 3.63) is 44.1 Å². The molecule has 0 saturated carbocycles. The maximum Gasteiger partial charge on any atom is 0.334 e. The average molecular weight is 337 g/mol. The fourth-order valence-corrected chi connectivity index (χ4v) is 2.50. The van der Waals surface area contributed by atoms with Gasteiger partial charge in [-0.3, -0.25) is 9.78 Å². The normalized spacial score (nSPS) is 11.2. The fourth-order valence-electron chi connectivity index (χ4n) is 2.29. The Morgan fingerprint density at radius 3 is 2.96 bits per heavy atom. The summed E-state index contributed by atoms with van der Waals surface area (Å²) in [4.78, 5) is 37.1. The molecule has 120 valence electrons. The van der Waals surface area contributed by atoms with Crippen molar-refractivity contribution < 1.29 is 4.74 Å². The third-order valence-corrected chi connectivity index (χ3v) is 3.54. The van der Waals surface area contributed by atoms with Crippen LogP contribution in [0, 0.1) is 0 Å². The van der Waals surface area contributed by atoms with E-state index in [4.69, 9.17) is 22.1 Å². The molecule has 0 fully saturated rings. The first kappa shape index (κ1) is 15.3. The van der Waals surface area contributed by atoms with E-state index in [2.05, 4.69) is 19.9 Å². The second-order valence-corrected chi connectivity index (χ2v) is 5.15. The number of pyridine rings is 1. The number of nitrogens with zero attached hydrogens (tertiary/aromatic N) is 3. The lowest BCUT2D eigenvalue weighted by molar-refractivity contribution is 0.201. The van der Waals surface area contributed by atoms with Gasteiger partial charge in [-0.25, -0.2) is 19.3 Å². The van der Waals surface area contributed by atoms with Gasteiger partial charge in [-0.2, -0.15) is 0 Å². The van der Waals surface area contributed by atoms with Gasteiger partial charge in [0.1, 0.15) is 10.7 Å². The number of rotatable bonds is 4. The van der Waals surface area contributed by atoms with Crippen LogP contribution in [-0.4, -0.2) is 38.2 Å². The molecule has 0 bridgehead atoms. The summed E-state index contributed by atoms with van der Waals surface area (Å²) in [6, 6.07) is 1.45. The maximum atomic E-state index is 12.3. The van der Waals surface area contributed by atoms with Gasteiger partial charge in [-0.05, 0) is 0 Å². The zero-order valence-electron chi connectivity index (χ0n) is 12.1. The number of H-pyrrole nitrogens is 2. The molecule has 0 radical (unpaired) electrons. The molecule has 0 spiro atoms. The first-order valence-electron chi connectivity index (χ1n) is 6.65. The predicted molar refractivity (Wildman–Crippen MR) is 85.1 cm³/mol. The first-order chi connectivity index (χ1) is 11.0. The molecule has 3 heterocycles. The molecule has 0 aliphatic rings. The van der Waals surface area contributed by atoms with Crippen molar-refractivity contribution in [3.63, 3.8) is 0 Å². The van der Waals surface area contributed by atoms with Crippen LogP contribution in [0.3, 0.4) is 0 Å². The molecule has 3 rings (SSSR count). The van der Waals surface area contributed by atoms with Crippen LogP contribution in [0.2, 0.25) is 5.15 Å². The number of imidazole rings is 1. The van der Waals surface area contributed by atoms with Gasteiger partial charge in [0, 0.05) is 19.6 Å². The molecule has 23 heavy (non-hydrogen) atoms. The van der Waals surface area contributed by atoms with E-state index in [-0.39, 0.29) is 22.0 Å². The zero-order valence-corrected chi connectivity index (χ0v) is 12.8. The quantitative estimate of drug-likeness (QED) is 0.584. The van der Waals surface area contributed by atoms with Gasteiger partial charge in [0.05, 0.1) is 30.0 Å². The standard InChI is InChI=1S/C13H13ClN6O3/c1-23-3-2-6-9(15)7(4-8(14)18-6)20-11-10(16-5-17-11)12(21)19-13(20)22/h4-5H,2-3,15H2,1H3,(H,16,17)(H,19,21,22). The topological polar surface area (TPSA) is 132 Å². The molecule has 0 aliphatic carbocycles. The summed E-state index contributed by atoms with van der Waals surface area (Å²) in [5, 5.41) is 0.169. The summed E-state index contributed by atoms with van der Waals surface area (Å²) < 4.78 is 6.20. The van der Waals surface area contributed by atoms with Gasteiger partial charge < -0.3 is 15.5 Å². The van der Waals surface area contributed by atoms with Crippen molar-refractivity contribution in [2.45, 2.75) is 6.42 Å². The molecule has 0 aromatic carbocycles. The third kappa shape index (κ3) is 2.60. The first-order valence-corrected chi connectivity index (χ1v) is 7.03. The summed E-state index contributed by atoms with van der Waals surface area (Å²) in [5.74, 6) is 0. The summed E-state index contributed by atoms with van der Waals surface area (Å²) in [7, 11) is 1.56. The SMILES string of the molecule is COCCc1nc(Cl)cc(-n2c(=O)[nH]c(=O)c3[nH]cnc32)c1N. The third-order valence-electron chi connectivity index (χ3n) is 3.35. The summed E-state index contributed by atoms with van der Waals surface area (Å²) in [5.41, 5.74) is 6.29. The van der Waals surface area contributed by atoms with Crippen molar-refractivity contribution >= 4 is 28.5 Å². The average Bonchev–Trinajstić information content (AvgIpc) is 2.98. The number of nitrogens with two attached hydrogens (primary N) is 1. The molecular formula is C13H13ClN6O3. The fraction of sp³-hybridized carbons (Fsp3) is 0.231. The summed E-state index contributed by atoms with van der Waals surface area (Å²) >= 11 is 6.04.